The minimum Gasteiger partial charge on any atom is -0.369 e. The van der Waals surface area contributed by atoms with Gasteiger partial charge in [-0.2, -0.15) is 5.10 Å². The van der Waals surface area contributed by atoms with E-state index in [1.165, 1.54) is 4.68 Å². The van der Waals surface area contributed by atoms with Crippen molar-refractivity contribution in [3.63, 3.8) is 0 Å². The molecule has 28 heavy (non-hydrogen) atoms. The molecule has 0 saturated carbocycles. The monoisotopic (exact) mass is 384 g/mol. The van der Waals surface area contributed by atoms with E-state index in [9.17, 15) is 9.59 Å². The molecule has 8 nitrogen and oxygen atoms in total. The van der Waals surface area contributed by atoms with Crippen LogP contribution in [0.2, 0.25) is 0 Å². The lowest BCUT2D eigenvalue weighted by atomic mass is 10.1. The van der Waals surface area contributed by atoms with Crippen LogP contribution in [-0.4, -0.2) is 58.8 Å². The highest BCUT2D eigenvalue weighted by atomic mass is 16.2. The van der Waals surface area contributed by atoms with Crippen molar-refractivity contribution in [1.29, 1.82) is 0 Å². The molecule has 0 unspecified atom stereocenters. The standard InChI is InChI=1S/C20H28N6O2/c1-3-17(18-7-4-5-8-21-18)23-19(27)15-26-20(28)13-16(14-22-26)25-10-6-9-24(2)11-12-25/h4-5,7-8,13-14,17H,3,6,9-12,15H2,1-2H3,(H,23,27)/t17-/m0/s1. The molecule has 3 heterocycles. The van der Waals surface area contributed by atoms with Crippen LogP contribution in [-0.2, 0) is 11.3 Å². The van der Waals surface area contributed by atoms with Gasteiger partial charge in [0, 0.05) is 31.9 Å². The van der Waals surface area contributed by atoms with Gasteiger partial charge in [0.2, 0.25) is 5.91 Å². The number of carbonyl (C=O) groups excluding carboxylic acids is 1. The second-order valence-corrected chi connectivity index (χ2v) is 7.14. The van der Waals surface area contributed by atoms with Crippen LogP contribution in [0.4, 0.5) is 5.69 Å². The molecule has 0 bridgehead atoms. The molecule has 0 aromatic carbocycles. The van der Waals surface area contributed by atoms with Crippen LogP contribution in [0.3, 0.4) is 0 Å². The first kappa shape index (κ1) is 20.0. The fourth-order valence-corrected chi connectivity index (χ4v) is 3.36. The number of nitrogens with one attached hydrogen (secondary N) is 1. The van der Waals surface area contributed by atoms with Gasteiger partial charge >= 0.3 is 0 Å². The maximum absolute atomic E-state index is 12.5. The topological polar surface area (TPSA) is 83.4 Å². The number of rotatable bonds is 6. The number of carbonyl (C=O) groups is 1. The van der Waals surface area contributed by atoms with E-state index < -0.39 is 0 Å². The Morgan fingerprint density at radius 2 is 2.11 bits per heavy atom. The summed E-state index contributed by atoms with van der Waals surface area (Å²) in [5, 5.41) is 7.15. The van der Waals surface area contributed by atoms with Gasteiger partial charge in [-0.05, 0) is 38.6 Å². The Bertz CT molecular complexity index is 838. The summed E-state index contributed by atoms with van der Waals surface area (Å²) in [6.45, 7) is 5.65. The van der Waals surface area contributed by atoms with Crippen LogP contribution in [0.5, 0.6) is 0 Å². The Morgan fingerprint density at radius 3 is 2.82 bits per heavy atom. The molecular formula is C20H28N6O2. The normalized spacial score (nSPS) is 16.4. The number of anilines is 1. The first-order valence-corrected chi connectivity index (χ1v) is 9.77. The Hall–Kier alpha value is -2.74. The first-order chi connectivity index (χ1) is 13.6. The molecule has 1 atom stereocenters. The van der Waals surface area contributed by atoms with Crippen molar-refractivity contribution in [2.75, 3.05) is 38.1 Å². The van der Waals surface area contributed by atoms with E-state index >= 15 is 0 Å². The van der Waals surface area contributed by atoms with Crippen molar-refractivity contribution in [1.82, 2.24) is 25.0 Å². The van der Waals surface area contributed by atoms with Crippen LogP contribution < -0.4 is 15.8 Å². The lowest BCUT2D eigenvalue weighted by molar-refractivity contribution is -0.122. The highest BCUT2D eigenvalue weighted by Gasteiger charge is 2.17. The number of amides is 1. The van der Waals surface area contributed by atoms with Gasteiger partial charge in [-0.1, -0.05) is 13.0 Å². The highest BCUT2D eigenvalue weighted by molar-refractivity contribution is 5.76. The Morgan fingerprint density at radius 1 is 1.25 bits per heavy atom. The Labute approximate surface area is 165 Å². The van der Waals surface area contributed by atoms with Gasteiger partial charge in [-0.25, -0.2) is 4.68 Å². The molecule has 0 spiro atoms. The van der Waals surface area contributed by atoms with E-state index in [-0.39, 0.29) is 24.1 Å². The van der Waals surface area contributed by atoms with Gasteiger partial charge in [0.1, 0.15) is 6.54 Å². The fraction of sp³-hybridized carbons (Fsp3) is 0.500. The second kappa shape index (κ2) is 9.45. The molecule has 3 rings (SSSR count). The third kappa shape index (κ3) is 5.16. The lowest BCUT2D eigenvalue weighted by Gasteiger charge is -2.22. The summed E-state index contributed by atoms with van der Waals surface area (Å²) in [7, 11) is 2.10. The summed E-state index contributed by atoms with van der Waals surface area (Å²) < 4.78 is 1.20. The van der Waals surface area contributed by atoms with E-state index in [0.717, 1.165) is 44.0 Å². The van der Waals surface area contributed by atoms with E-state index in [2.05, 4.69) is 32.2 Å². The molecule has 1 aliphatic rings. The largest absolute Gasteiger partial charge is 0.369 e. The van der Waals surface area contributed by atoms with Gasteiger partial charge in [0.15, 0.2) is 0 Å². The summed E-state index contributed by atoms with van der Waals surface area (Å²) in [6, 6.07) is 7.00. The molecule has 1 N–H and O–H groups in total. The molecule has 8 heteroatoms. The number of nitrogens with zero attached hydrogens (tertiary/aromatic N) is 5. The number of likely N-dealkylation sites (N-methyl/N-ethyl adjacent to an activating group) is 1. The van der Waals surface area contributed by atoms with E-state index in [4.69, 9.17) is 0 Å². The fourth-order valence-electron chi connectivity index (χ4n) is 3.36. The van der Waals surface area contributed by atoms with Crippen molar-refractivity contribution in [2.45, 2.75) is 32.4 Å². The smallest absolute Gasteiger partial charge is 0.269 e. The number of hydrogen-bond acceptors (Lipinski definition) is 6. The molecule has 2 aromatic rings. The summed E-state index contributed by atoms with van der Waals surface area (Å²) in [5.41, 5.74) is 1.35. The molecule has 1 saturated heterocycles. The third-order valence-corrected chi connectivity index (χ3v) is 5.02. The van der Waals surface area contributed by atoms with Crippen LogP contribution in [0.25, 0.3) is 0 Å². The van der Waals surface area contributed by atoms with Crippen LogP contribution >= 0.6 is 0 Å². The van der Waals surface area contributed by atoms with Crippen LogP contribution in [0, 0.1) is 0 Å². The number of hydrogen-bond donors (Lipinski definition) is 1. The van der Waals surface area contributed by atoms with Crippen LogP contribution in [0.1, 0.15) is 31.5 Å². The third-order valence-electron chi connectivity index (χ3n) is 5.02. The lowest BCUT2D eigenvalue weighted by Crippen LogP contribution is -2.36. The molecule has 2 aromatic heterocycles. The van der Waals surface area contributed by atoms with E-state index in [1.807, 2.05) is 25.1 Å². The zero-order valence-corrected chi connectivity index (χ0v) is 16.5. The zero-order chi connectivity index (χ0) is 19.9. The first-order valence-electron chi connectivity index (χ1n) is 9.77. The minimum absolute atomic E-state index is 0.106. The zero-order valence-electron chi connectivity index (χ0n) is 16.5. The molecule has 1 fully saturated rings. The number of pyridine rings is 1. The summed E-state index contributed by atoms with van der Waals surface area (Å²) in [5.74, 6) is -0.253. The Balaban J connectivity index is 1.64. The quantitative estimate of drug-likeness (QED) is 0.802. The SMILES string of the molecule is CC[C@H](NC(=O)Cn1ncc(N2CCCN(C)CC2)cc1=O)c1ccccn1. The molecule has 1 amide bonds. The highest BCUT2D eigenvalue weighted by Crippen LogP contribution is 2.14. The minimum atomic E-state index is -0.267. The predicted molar refractivity (Wildman–Crippen MR) is 108 cm³/mol. The maximum Gasteiger partial charge on any atom is 0.269 e. The second-order valence-electron chi connectivity index (χ2n) is 7.14. The molecule has 0 aliphatic carbocycles. The van der Waals surface area contributed by atoms with Crippen molar-refractivity contribution < 1.29 is 4.79 Å². The summed E-state index contributed by atoms with van der Waals surface area (Å²) >= 11 is 0. The summed E-state index contributed by atoms with van der Waals surface area (Å²) in [6.07, 6.45) is 5.15. The van der Waals surface area contributed by atoms with E-state index in [0.29, 0.717) is 6.42 Å². The summed E-state index contributed by atoms with van der Waals surface area (Å²) in [4.78, 5) is 33.6. The van der Waals surface area contributed by atoms with Gasteiger partial charge in [0.05, 0.1) is 23.6 Å². The van der Waals surface area contributed by atoms with Gasteiger partial charge in [-0.3, -0.25) is 14.6 Å². The molecule has 150 valence electrons. The Kier molecular flexibility index (Phi) is 6.76. The average Bonchev–Trinajstić information content (AvgIpc) is 2.93. The molecule has 1 aliphatic heterocycles. The van der Waals surface area contributed by atoms with Gasteiger partial charge < -0.3 is 15.1 Å². The predicted octanol–water partition coefficient (Wildman–Crippen LogP) is 1.05. The maximum atomic E-state index is 12.5. The molecule has 0 radical (unpaired) electrons. The van der Waals surface area contributed by atoms with Crippen molar-refractivity contribution in [2.24, 2.45) is 0 Å². The van der Waals surface area contributed by atoms with E-state index in [1.54, 1.807) is 18.5 Å². The van der Waals surface area contributed by atoms with Gasteiger partial charge in [-0.15, -0.1) is 0 Å². The van der Waals surface area contributed by atoms with Gasteiger partial charge in [0.25, 0.3) is 5.56 Å². The van der Waals surface area contributed by atoms with Crippen LogP contribution in [0.15, 0.2) is 41.5 Å². The van der Waals surface area contributed by atoms with Crippen molar-refractivity contribution in [3.05, 3.63) is 52.7 Å². The van der Waals surface area contributed by atoms with Crippen molar-refractivity contribution in [3.8, 4) is 0 Å². The molecular weight excluding hydrogens is 356 g/mol. The average molecular weight is 384 g/mol. The van der Waals surface area contributed by atoms with Crippen molar-refractivity contribution >= 4 is 11.6 Å². The number of aromatic nitrogens is 3.